The molecule has 0 saturated heterocycles. The summed E-state index contributed by atoms with van der Waals surface area (Å²) in [5, 5.41) is 18.2. The smallest absolute Gasteiger partial charge is 0.326 e. The second kappa shape index (κ2) is 6.28. The summed E-state index contributed by atoms with van der Waals surface area (Å²) >= 11 is 0. The summed E-state index contributed by atoms with van der Waals surface area (Å²) in [6.45, 7) is 0. The van der Waals surface area contributed by atoms with E-state index in [9.17, 15) is 14.4 Å². The van der Waals surface area contributed by atoms with Crippen molar-refractivity contribution < 1.29 is 19.5 Å². The SMILES string of the molecule is NC(=O)CC[C@H](NC(=O)c1cccnn1)C(=O)O. The molecule has 0 bridgehead atoms. The number of carbonyl (C=O) groups is 3. The average Bonchev–Trinajstić information content (AvgIpc) is 2.34. The van der Waals surface area contributed by atoms with Crippen LogP contribution in [0.5, 0.6) is 0 Å². The Labute approximate surface area is 102 Å². The van der Waals surface area contributed by atoms with Crippen LogP contribution in [0.25, 0.3) is 0 Å². The van der Waals surface area contributed by atoms with Gasteiger partial charge in [-0.15, -0.1) is 5.10 Å². The molecule has 4 N–H and O–H groups in total. The molecule has 2 amide bonds. The fraction of sp³-hybridized carbons (Fsp3) is 0.300. The van der Waals surface area contributed by atoms with Crippen molar-refractivity contribution in [1.29, 1.82) is 0 Å². The Balaban J connectivity index is 2.64. The lowest BCUT2D eigenvalue weighted by molar-refractivity contribution is -0.139. The van der Waals surface area contributed by atoms with Crippen molar-refractivity contribution in [3.8, 4) is 0 Å². The molecule has 0 unspecified atom stereocenters. The van der Waals surface area contributed by atoms with Crippen LogP contribution in [0.1, 0.15) is 23.3 Å². The van der Waals surface area contributed by atoms with Crippen molar-refractivity contribution in [1.82, 2.24) is 15.5 Å². The lowest BCUT2D eigenvalue weighted by Gasteiger charge is -2.12. The Morgan fingerprint density at radius 2 is 2.17 bits per heavy atom. The first-order valence-corrected chi connectivity index (χ1v) is 5.10. The van der Waals surface area contributed by atoms with Gasteiger partial charge in [0.2, 0.25) is 5.91 Å². The minimum atomic E-state index is -1.24. The maximum atomic E-state index is 11.6. The molecule has 8 heteroatoms. The van der Waals surface area contributed by atoms with E-state index >= 15 is 0 Å². The summed E-state index contributed by atoms with van der Waals surface area (Å²) in [7, 11) is 0. The van der Waals surface area contributed by atoms with Gasteiger partial charge < -0.3 is 16.2 Å². The topological polar surface area (TPSA) is 135 Å². The second-order valence-electron chi connectivity index (χ2n) is 3.48. The Hall–Kier alpha value is -2.51. The van der Waals surface area contributed by atoms with Crippen LogP contribution in [0.4, 0.5) is 0 Å². The predicted molar refractivity (Wildman–Crippen MR) is 59.4 cm³/mol. The van der Waals surface area contributed by atoms with E-state index in [0.717, 1.165) is 0 Å². The zero-order valence-electron chi connectivity index (χ0n) is 9.37. The number of rotatable bonds is 6. The number of amides is 2. The van der Waals surface area contributed by atoms with Gasteiger partial charge in [0.1, 0.15) is 6.04 Å². The molecule has 0 radical (unpaired) electrons. The van der Waals surface area contributed by atoms with Crippen LogP contribution < -0.4 is 11.1 Å². The second-order valence-corrected chi connectivity index (χ2v) is 3.48. The van der Waals surface area contributed by atoms with Gasteiger partial charge in [-0.2, -0.15) is 5.10 Å². The predicted octanol–water partition coefficient (Wildman–Crippen LogP) is -1.07. The lowest BCUT2D eigenvalue weighted by atomic mass is 10.1. The van der Waals surface area contributed by atoms with Gasteiger partial charge in [-0.1, -0.05) is 0 Å². The van der Waals surface area contributed by atoms with Crippen LogP contribution in [-0.2, 0) is 9.59 Å². The Bertz CT molecular complexity index is 448. The highest BCUT2D eigenvalue weighted by Crippen LogP contribution is 2.00. The minimum absolute atomic E-state index is 0.00262. The third-order valence-corrected chi connectivity index (χ3v) is 2.09. The molecule has 0 spiro atoms. The molecule has 1 heterocycles. The first-order chi connectivity index (χ1) is 8.50. The maximum absolute atomic E-state index is 11.6. The average molecular weight is 252 g/mol. The third-order valence-electron chi connectivity index (χ3n) is 2.09. The van der Waals surface area contributed by atoms with Crippen LogP contribution >= 0.6 is 0 Å². The van der Waals surface area contributed by atoms with Gasteiger partial charge in [-0.05, 0) is 18.6 Å². The van der Waals surface area contributed by atoms with Crippen molar-refractivity contribution in [2.24, 2.45) is 5.73 Å². The molecule has 96 valence electrons. The largest absolute Gasteiger partial charge is 0.480 e. The normalized spacial score (nSPS) is 11.6. The van der Waals surface area contributed by atoms with Crippen LogP contribution in [0.2, 0.25) is 0 Å². The van der Waals surface area contributed by atoms with Crippen LogP contribution in [0, 0.1) is 0 Å². The number of primary amides is 1. The van der Waals surface area contributed by atoms with Crippen molar-refractivity contribution in [3.63, 3.8) is 0 Å². The molecule has 1 atom stereocenters. The van der Waals surface area contributed by atoms with Gasteiger partial charge in [0.05, 0.1) is 0 Å². The number of nitrogens with two attached hydrogens (primary N) is 1. The van der Waals surface area contributed by atoms with E-state index in [1.165, 1.54) is 18.3 Å². The highest BCUT2D eigenvalue weighted by Gasteiger charge is 2.21. The lowest BCUT2D eigenvalue weighted by Crippen LogP contribution is -2.41. The number of nitrogens with zero attached hydrogens (tertiary/aromatic N) is 2. The molecule has 8 nitrogen and oxygen atoms in total. The number of hydrogen-bond acceptors (Lipinski definition) is 5. The minimum Gasteiger partial charge on any atom is -0.480 e. The van der Waals surface area contributed by atoms with Crippen molar-refractivity contribution in [2.45, 2.75) is 18.9 Å². The van der Waals surface area contributed by atoms with E-state index in [4.69, 9.17) is 10.8 Å². The van der Waals surface area contributed by atoms with Crippen LogP contribution in [-0.4, -0.2) is 39.1 Å². The van der Waals surface area contributed by atoms with Gasteiger partial charge in [-0.3, -0.25) is 9.59 Å². The molecule has 1 rings (SSSR count). The molecule has 0 fully saturated rings. The molecule has 1 aromatic rings. The highest BCUT2D eigenvalue weighted by molar-refractivity contribution is 5.94. The van der Waals surface area contributed by atoms with E-state index < -0.39 is 23.8 Å². The number of hydrogen-bond donors (Lipinski definition) is 3. The number of carbonyl (C=O) groups excluding carboxylic acids is 2. The molecule has 0 saturated carbocycles. The molecule has 0 aliphatic heterocycles. The van der Waals surface area contributed by atoms with E-state index in [-0.39, 0.29) is 18.5 Å². The number of carboxylic acid groups (broad SMARTS) is 1. The number of nitrogens with one attached hydrogen (secondary N) is 1. The molecule has 0 aliphatic carbocycles. The van der Waals surface area contributed by atoms with Crippen molar-refractivity contribution in [2.75, 3.05) is 0 Å². The summed E-state index contributed by atoms with van der Waals surface area (Å²) in [5.41, 5.74) is 4.92. The summed E-state index contributed by atoms with van der Waals surface area (Å²) < 4.78 is 0. The van der Waals surface area contributed by atoms with E-state index in [1.54, 1.807) is 0 Å². The quantitative estimate of drug-likeness (QED) is 0.589. The molecule has 0 aliphatic rings. The zero-order valence-corrected chi connectivity index (χ0v) is 9.37. The van der Waals surface area contributed by atoms with Gasteiger partial charge in [-0.25, -0.2) is 4.79 Å². The first-order valence-electron chi connectivity index (χ1n) is 5.10. The number of aliphatic carboxylic acids is 1. The Morgan fingerprint density at radius 1 is 1.44 bits per heavy atom. The molecular formula is C10H12N4O4. The Morgan fingerprint density at radius 3 is 2.67 bits per heavy atom. The van der Waals surface area contributed by atoms with Gasteiger partial charge in [0.25, 0.3) is 5.91 Å². The number of aromatic nitrogens is 2. The summed E-state index contributed by atoms with van der Waals surface area (Å²) in [5.74, 6) is -2.54. The van der Waals surface area contributed by atoms with Crippen molar-refractivity contribution >= 4 is 17.8 Å². The Kier molecular flexibility index (Phi) is 4.73. The monoisotopic (exact) mass is 252 g/mol. The number of carboxylic acids is 1. The van der Waals surface area contributed by atoms with Crippen LogP contribution in [0.3, 0.4) is 0 Å². The standard InChI is InChI=1S/C10H12N4O4/c11-8(15)4-3-7(10(17)18)13-9(16)6-2-1-5-12-14-6/h1-2,5,7H,3-4H2,(H2,11,15)(H,13,16)(H,17,18)/t7-/m0/s1. The van der Waals surface area contributed by atoms with Crippen LogP contribution in [0.15, 0.2) is 18.3 Å². The molecule has 18 heavy (non-hydrogen) atoms. The van der Waals surface area contributed by atoms with Gasteiger partial charge in [0, 0.05) is 12.6 Å². The fourth-order valence-corrected chi connectivity index (χ4v) is 1.20. The first kappa shape index (κ1) is 13.6. The third kappa shape index (κ3) is 4.16. The van der Waals surface area contributed by atoms with Crippen molar-refractivity contribution in [3.05, 3.63) is 24.0 Å². The highest BCUT2D eigenvalue weighted by atomic mass is 16.4. The molecule has 1 aromatic heterocycles. The summed E-state index contributed by atoms with van der Waals surface area (Å²) in [4.78, 5) is 33.1. The summed E-state index contributed by atoms with van der Waals surface area (Å²) in [6.07, 6.45) is 1.19. The van der Waals surface area contributed by atoms with E-state index in [1.807, 2.05) is 0 Å². The zero-order chi connectivity index (χ0) is 13.5. The molecular weight excluding hydrogens is 240 g/mol. The van der Waals surface area contributed by atoms with E-state index in [0.29, 0.717) is 0 Å². The van der Waals surface area contributed by atoms with E-state index in [2.05, 4.69) is 15.5 Å². The fourth-order valence-electron chi connectivity index (χ4n) is 1.20. The molecule has 0 aromatic carbocycles. The summed E-state index contributed by atoms with van der Waals surface area (Å²) in [6, 6.07) is 1.71. The van der Waals surface area contributed by atoms with Gasteiger partial charge >= 0.3 is 5.97 Å². The van der Waals surface area contributed by atoms with Gasteiger partial charge in [0.15, 0.2) is 5.69 Å². The maximum Gasteiger partial charge on any atom is 0.326 e.